The monoisotopic (exact) mass is 240 g/mol. The Morgan fingerprint density at radius 2 is 2.22 bits per heavy atom. The number of hydrogen-bond donors (Lipinski definition) is 2. The highest BCUT2D eigenvalue weighted by Gasteiger charge is 2.08. The Bertz CT molecular complexity index is 630. The zero-order valence-electron chi connectivity index (χ0n) is 9.68. The lowest BCUT2D eigenvalue weighted by Gasteiger charge is -2.10. The van der Waals surface area contributed by atoms with Crippen LogP contribution in [0.3, 0.4) is 0 Å². The summed E-state index contributed by atoms with van der Waals surface area (Å²) in [5.41, 5.74) is 7.04. The minimum absolute atomic E-state index is 0.224. The number of pyridine rings is 1. The van der Waals surface area contributed by atoms with Crippen molar-refractivity contribution in [1.82, 2.24) is 4.98 Å². The van der Waals surface area contributed by atoms with E-state index in [1.54, 1.807) is 0 Å². The summed E-state index contributed by atoms with van der Waals surface area (Å²) < 4.78 is 0. The number of benzene rings is 1. The van der Waals surface area contributed by atoms with E-state index >= 15 is 0 Å². The van der Waals surface area contributed by atoms with Gasteiger partial charge in [0.15, 0.2) is 0 Å². The Morgan fingerprint density at radius 1 is 1.44 bits per heavy atom. The van der Waals surface area contributed by atoms with Crippen LogP contribution in [0.25, 0.3) is 10.9 Å². The number of fused-ring (bicyclic) bond motifs is 1. The van der Waals surface area contributed by atoms with E-state index in [0.717, 1.165) is 10.9 Å². The molecule has 0 atom stereocenters. The van der Waals surface area contributed by atoms with Gasteiger partial charge in [0, 0.05) is 24.5 Å². The topological polar surface area (TPSA) is 91.8 Å². The predicted octanol–water partition coefficient (Wildman–Crippen LogP) is 1.39. The quantitative estimate of drug-likeness (QED) is 0.844. The van der Waals surface area contributed by atoms with Gasteiger partial charge in [0.25, 0.3) is 0 Å². The number of nitrogens with zero attached hydrogens (tertiary/aromatic N) is 2. The predicted molar refractivity (Wildman–Crippen MR) is 68.8 cm³/mol. The number of hydrogen-bond acceptors (Lipinski definition) is 4. The molecule has 0 spiro atoms. The molecule has 0 aliphatic rings. The number of anilines is 1. The van der Waals surface area contributed by atoms with Crippen molar-refractivity contribution in [2.24, 2.45) is 5.73 Å². The Labute approximate surface area is 104 Å². The molecule has 1 aromatic carbocycles. The molecule has 0 bridgehead atoms. The van der Waals surface area contributed by atoms with E-state index in [-0.39, 0.29) is 12.3 Å². The molecule has 2 rings (SSSR count). The lowest BCUT2D eigenvalue weighted by molar-refractivity contribution is -0.117. The van der Waals surface area contributed by atoms with E-state index < -0.39 is 0 Å². The number of rotatable bonds is 4. The number of nitrogens with two attached hydrogens (primary N) is 1. The van der Waals surface area contributed by atoms with Crippen LogP contribution < -0.4 is 11.1 Å². The van der Waals surface area contributed by atoms with Gasteiger partial charge in [-0.2, -0.15) is 5.26 Å². The standard InChI is InChI=1S/C13H12N4O/c14-7-9-8-17-11-4-2-1-3-10(11)13(9)16-6-5-12(15)18/h1-4,8H,5-6H2,(H2,15,18)(H,16,17). The molecule has 0 fully saturated rings. The van der Waals surface area contributed by atoms with Gasteiger partial charge < -0.3 is 11.1 Å². The maximum atomic E-state index is 10.7. The van der Waals surface area contributed by atoms with Crippen molar-refractivity contribution < 1.29 is 4.79 Å². The van der Waals surface area contributed by atoms with Crippen LogP contribution in [0.2, 0.25) is 0 Å². The van der Waals surface area contributed by atoms with Gasteiger partial charge in [-0.1, -0.05) is 18.2 Å². The normalized spacial score (nSPS) is 9.94. The average Bonchev–Trinajstić information content (AvgIpc) is 2.38. The molecule has 3 N–H and O–H groups in total. The molecule has 0 unspecified atom stereocenters. The van der Waals surface area contributed by atoms with E-state index in [2.05, 4.69) is 16.4 Å². The molecule has 0 aliphatic carbocycles. The van der Waals surface area contributed by atoms with E-state index in [4.69, 9.17) is 11.0 Å². The molecule has 2 aromatic rings. The lowest BCUT2D eigenvalue weighted by atomic mass is 10.1. The fourth-order valence-electron chi connectivity index (χ4n) is 1.73. The van der Waals surface area contributed by atoms with Gasteiger partial charge in [-0.3, -0.25) is 9.78 Å². The molecule has 1 heterocycles. The highest BCUT2D eigenvalue weighted by atomic mass is 16.1. The van der Waals surface area contributed by atoms with Gasteiger partial charge in [-0.25, -0.2) is 0 Å². The molecular weight excluding hydrogens is 228 g/mol. The van der Waals surface area contributed by atoms with Crippen LogP contribution in [0, 0.1) is 11.3 Å². The molecule has 90 valence electrons. The molecule has 0 saturated carbocycles. The number of carbonyl (C=O) groups is 1. The summed E-state index contributed by atoms with van der Waals surface area (Å²) in [5.74, 6) is -0.376. The number of para-hydroxylation sites is 1. The first-order valence-corrected chi connectivity index (χ1v) is 5.52. The number of amides is 1. The second kappa shape index (κ2) is 5.15. The SMILES string of the molecule is N#Cc1cnc2ccccc2c1NCCC(N)=O. The molecule has 0 aliphatic heterocycles. The van der Waals surface area contributed by atoms with E-state index in [1.807, 2.05) is 24.3 Å². The van der Waals surface area contributed by atoms with Crippen LogP contribution in [0.1, 0.15) is 12.0 Å². The number of primary amides is 1. The zero-order valence-corrected chi connectivity index (χ0v) is 9.68. The van der Waals surface area contributed by atoms with Crippen molar-refractivity contribution in [2.75, 3.05) is 11.9 Å². The molecule has 1 aromatic heterocycles. The summed E-state index contributed by atoms with van der Waals surface area (Å²) in [6.07, 6.45) is 1.75. The molecule has 1 amide bonds. The highest BCUT2D eigenvalue weighted by Crippen LogP contribution is 2.25. The van der Waals surface area contributed by atoms with Crippen LogP contribution in [0.15, 0.2) is 30.5 Å². The summed E-state index contributed by atoms with van der Waals surface area (Å²) in [4.78, 5) is 14.9. The summed E-state index contributed by atoms with van der Waals surface area (Å²) in [6, 6.07) is 9.60. The van der Waals surface area contributed by atoms with Crippen LogP contribution in [0.5, 0.6) is 0 Å². The van der Waals surface area contributed by atoms with Crippen molar-refractivity contribution in [3.8, 4) is 6.07 Å². The van der Waals surface area contributed by atoms with Gasteiger partial charge in [0.2, 0.25) is 5.91 Å². The Morgan fingerprint density at radius 3 is 2.94 bits per heavy atom. The van der Waals surface area contributed by atoms with Crippen molar-refractivity contribution in [1.29, 1.82) is 5.26 Å². The van der Waals surface area contributed by atoms with Crippen molar-refractivity contribution >= 4 is 22.5 Å². The Kier molecular flexibility index (Phi) is 3.39. The number of carbonyl (C=O) groups excluding carboxylic acids is 1. The minimum atomic E-state index is -0.376. The Hall–Kier alpha value is -2.61. The average molecular weight is 240 g/mol. The largest absolute Gasteiger partial charge is 0.383 e. The summed E-state index contributed by atoms with van der Waals surface area (Å²) in [7, 11) is 0. The fourth-order valence-corrected chi connectivity index (χ4v) is 1.73. The first-order chi connectivity index (χ1) is 8.72. The first-order valence-electron chi connectivity index (χ1n) is 5.52. The first kappa shape index (κ1) is 11.9. The molecule has 18 heavy (non-hydrogen) atoms. The van der Waals surface area contributed by atoms with E-state index in [0.29, 0.717) is 17.8 Å². The summed E-state index contributed by atoms with van der Waals surface area (Å²) in [6.45, 7) is 0.401. The number of aromatic nitrogens is 1. The van der Waals surface area contributed by atoms with Crippen molar-refractivity contribution in [2.45, 2.75) is 6.42 Å². The zero-order chi connectivity index (χ0) is 13.0. The second-order valence-corrected chi connectivity index (χ2v) is 3.82. The maximum Gasteiger partial charge on any atom is 0.219 e. The smallest absolute Gasteiger partial charge is 0.219 e. The van der Waals surface area contributed by atoms with Crippen LogP contribution in [0.4, 0.5) is 5.69 Å². The molecular formula is C13H12N4O. The molecule has 0 radical (unpaired) electrons. The summed E-state index contributed by atoms with van der Waals surface area (Å²) in [5, 5.41) is 13.0. The second-order valence-electron chi connectivity index (χ2n) is 3.82. The van der Waals surface area contributed by atoms with Crippen molar-refractivity contribution in [3.05, 3.63) is 36.0 Å². The third-order valence-electron chi connectivity index (χ3n) is 2.57. The number of nitrogens with one attached hydrogen (secondary N) is 1. The van der Waals surface area contributed by atoms with Crippen LogP contribution >= 0.6 is 0 Å². The minimum Gasteiger partial charge on any atom is -0.383 e. The number of nitriles is 1. The van der Waals surface area contributed by atoms with Crippen LogP contribution in [-0.4, -0.2) is 17.4 Å². The maximum absolute atomic E-state index is 10.7. The van der Waals surface area contributed by atoms with Gasteiger partial charge in [-0.15, -0.1) is 0 Å². The third-order valence-corrected chi connectivity index (χ3v) is 2.57. The van der Waals surface area contributed by atoms with Crippen molar-refractivity contribution in [3.63, 3.8) is 0 Å². The van der Waals surface area contributed by atoms with Gasteiger partial charge in [0.05, 0.1) is 16.8 Å². The van der Waals surface area contributed by atoms with E-state index in [9.17, 15) is 4.79 Å². The molecule has 5 heteroatoms. The third kappa shape index (κ3) is 2.38. The Balaban J connectivity index is 2.39. The van der Waals surface area contributed by atoms with Crippen LogP contribution in [-0.2, 0) is 4.79 Å². The molecule has 5 nitrogen and oxygen atoms in total. The molecule has 0 saturated heterocycles. The van der Waals surface area contributed by atoms with Gasteiger partial charge in [-0.05, 0) is 6.07 Å². The fraction of sp³-hybridized carbons (Fsp3) is 0.154. The van der Waals surface area contributed by atoms with E-state index in [1.165, 1.54) is 6.20 Å². The summed E-state index contributed by atoms with van der Waals surface area (Å²) >= 11 is 0. The van der Waals surface area contributed by atoms with Gasteiger partial charge in [0.1, 0.15) is 6.07 Å². The lowest BCUT2D eigenvalue weighted by Crippen LogP contribution is -2.16. The van der Waals surface area contributed by atoms with Gasteiger partial charge >= 0.3 is 0 Å². The highest BCUT2D eigenvalue weighted by molar-refractivity contribution is 5.93.